The number of nitrogens with zero attached hydrogens (tertiary/aromatic N) is 1. The predicted molar refractivity (Wildman–Crippen MR) is 56.2 cm³/mol. The summed E-state index contributed by atoms with van der Waals surface area (Å²) < 4.78 is 0. The van der Waals surface area contributed by atoms with Crippen molar-refractivity contribution in [2.24, 2.45) is 5.92 Å². The number of aryl methyl sites for hydroxylation is 1. The fourth-order valence-corrected chi connectivity index (χ4v) is 1.78. The number of nitrogens with one attached hydrogen (secondary N) is 1. The maximum atomic E-state index is 9.13. The molecule has 14 heavy (non-hydrogen) atoms. The van der Waals surface area contributed by atoms with Crippen LogP contribution in [0.2, 0.25) is 0 Å². The molecule has 2 rings (SSSR count). The van der Waals surface area contributed by atoms with Gasteiger partial charge in [0.15, 0.2) is 0 Å². The molecule has 1 aromatic rings. The van der Waals surface area contributed by atoms with Gasteiger partial charge in [0.1, 0.15) is 5.82 Å². The Morgan fingerprint density at radius 1 is 1.57 bits per heavy atom. The van der Waals surface area contributed by atoms with Gasteiger partial charge in [-0.05, 0) is 37.3 Å². The molecule has 0 amide bonds. The molecule has 0 bridgehead atoms. The van der Waals surface area contributed by atoms with Gasteiger partial charge in [-0.15, -0.1) is 0 Å². The van der Waals surface area contributed by atoms with Crippen LogP contribution in [0.3, 0.4) is 0 Å². The van der Waals surface area contributed by atoms with Gasteiger partial charge >= 0.3 is 0 Å². The van der Waals surface area contributed by atoms with Crippen LogP contribution in [-0.4, -0.2) is 22.7 Å². The zero-order valence-corrected chi connectivity index (χ0v) is 8.40. The largest absolute Gasteiger partial charge is 0.393 e. The van der Waals surface area contributed by atoms with Crippen molar-refractivity contribution in [3.8, 4) is 0 Å². The molecule has 1 aliphatic carbocycles. The zero-order chi connectivity index (χ0) is 9.97. The monoisotopic (exact) mass is 192 g/mol. The van der Waals surface area contributed by atoms with E-state index in [1.54, 1.807) is 6.20 Å². The van der Waals surface area contributed by atoms with Crippen molar-refractivity contribution >= 4 is 5.82 Å². The molecule has 0 spiro atoms. The molecule has 1 aliphatic rings. The molecular weight excluding hydrogens is 176 g/mol. The average molecular weight is 192 g/mol. The van der Waals surface area contributed by atoms with Gasteiger partial charge < -0.3 is 10.4 Å². The molecule has 0 aromatic carbocycles. The molecule has 0 aliphatic heterocycles. The summed E-state index contributed by atoms with van der Waals surface area (Å²) in [7, 11) is 0. The van der Waals surface area contributed by atoms with E-state index in [0.717, 1.165) is 25.2 Å². The van der Waals surface area contributed by atoms with Crippen LogP contribution in [0.15, 0.2) is 18.3 Å². The Morgan fingerprint density at radius 3 is 3.00 bits per heavy atom. The Balaban J connectivity index is 1.83. The molecule has 1 fully saturated rings. The van der Waals surface area contributed by atoms with Gasteiger partial charge in [-0.2, -0.15) is 0 Å². The Morgan fingerprint density at radius 2 is 2.36 bits per heavy atom. The number of aliphatic hydroxyl groups is 1. The number of hydrogen-bond donors (Lipinski definition) is 2. The number of pyridine rings is 1. The summed E-state index contributed by atoms with van der Waals surface area (Å²) in [6.07, 6.45) is 3.59. The highest BCUT2D eigenvalue weighted by molar-refractivity contribution is 5.42. The SMILES string of the molecule is Cc1cccnc1NCC1CC(O)C1. The number of aromatic nitrogens is 1. The van der Waals surface area contributed by atoms with Gasteiger partial charge in [0.05, 0.1) is 6.10 Å². The molecule has 0 radical (unpaired) electrons. The number of aliphatic hydroxyl groups excluding tert-OH is 1. The van der Waals surface area contributed by atoms with Gasteiger partial charge in [0.2, 0.25) is 0 Å². The fraction of sp³-hybridized carbons (Fsp3) is 0.545. The van der Waals surface area contributed by atoms with Crippen molar-refractivity contribution in [1.29, 1.82) is 0 Å². The Labute approximate surface area is 84.2 Å². The van der Waals surface area contributed by atoms with Crippen molar-refractivity contribution in [2.45, 2.75) is 25.9 Å². The van der Waals surface area contributed by atoms with Gasteiger partial charge in [0.25, 0.3) is 0 Å². The minimum atomic E-state index is -0.0633. The van der Waals surface area contributed by atoms with Crippen molar-refractivity contribution in [3.05, 3.63) is 23.9 Å². The summed E-state index contributed by atoms with van der Waals surface area (Å²) in [6.45, 7) is 2.97. The third-order valence-electron chi connectivity index (χ3n) is 2.78. The number of hydrogen-bond acceptors (Lipinski definition) is 3. The average Bonchev–Trinajstić information content (AvgIpc) is 2.13. The van der Waals surface area contributed by atoms with Gasteiger partial charge in [0, 0.05) is 12.7 Å². The van der Waals surface area contributed by atoms with E-state index >= 15 is 0 Å². The molecule has 0 atom stereocenters. The number of anilines is 1. The van der Waals surface area contributed by atoms with Crippen LogP contribution in [0.1, 0.15) is 18.4 Å². The highest BCUT2D eigenvalue weighted by atomic mass is 16.3. The Hall–Kier alpha value is -1.09. The van der Waals surface area contributed by atoms with Crippen LogP contribution < -0.4 is 5.32 Å². The molecule has 0 unspecified atom stereocenters. The third-order valence-corrected chi connectivity index (χ3v) is 2.78. The topological polar surface area (TPSA) is 45.2 Å². The summed E-state index contributed by atoms with van der Waals surface area (Å²) >= 11 is 0. The number of rotatable bonds is 3. The van der Waals surface area contributed by atoms with E-state index in [-0.39, 0.29) is 6.10 Å². The van der Waals surface area contributed by atoms with Crippen molar-refractivity contribution in [3.63, 3.8) is 0 Å². The van der Waals surface area contributed by atoms with Gasteiger partial charge in [-0.3, -0.25) is 0 Å². The molecule has 1 saturated carbocycles. The smallest absolute Gasteiger partial charge is 0.128 e. The first kappa shape index (κ1) is 9.46. The highest BCUT2D eigenvalue weighted by Crippen LogP contribution is 2.27. The lowest BCUT2D eigenvalue weighted by molar-refractivity contribution is 0.0486. The summed E-state index contributed by atoms with van der Waals surface area (Å²) in [5.41, 5.74) is 1.17. The second-order valence-electron chi connectivity index (χ2n) is 4.04. The van der Waals surface area contributed by atoms with Crippen LogP contribution in [0, 0.1) is 12.8 Å². The van der Waals surface area contributed by atoms with E-state index in [1.807, 2.05) is 19.1 Å². The van der Waals surface area contributed by atoms with Crippen LogP contribution in [-0.2, 0) is 0 Å². The minimum absolute atomic E-state index is 0.0633. The van der Waals surface area contributed by atoms with Crippen molar-refractivity contribution in [2.75, 3.05) is 11.9 Å². The van der Waals surface area contributed by atoms with Crippen molar-refractivity contribution in [1.82, 2.24) is 4.98 Å². The van der Waals surface area contributed by atoms with Crippen molar-refractivity contribution < 1.29 is 5.11 Å². The molecule has 1 aromatic heterocycles. The Kier molecular flexibility index (Phi) is 2.68. The molecule has 0 saturated heterocycles. The lowest BCUT2D eigenvalue weighted by Crippen LogP contribution is -2.33. The lowest BCUT2D eigenvalue weighted by atomic mass is 9.82. The maximum absolute atomic E-state index is 9.13. The van der Waals surface area contributed by atoms with Crippen LogP contribution in [0.25, 0.3) is 0 Å². The van der Waals surface area contributed by atoms with E-state index in [9.17, 15) is 0 Å². The standard InChI is InChI=1S/C11H16N2O/c1-8-3-2-4-12-11(8)13-7-9-5-10(14)6-9/h2-4,9-10,14H,5-7H2,1H3,(H,12,13). The molecule has 76 valence electrons. The first-order valence-electron chi connectivity index (χ1n) is 5.09. The van der Waals surface area contributed by atoms with E-state index in [2.05, 4.69) is 10.3 Å². The molecule has 3 nitrogen and oxygen atoms in total. The lowest BCUT2D eigenvalue weighted by Gasteiger charge is -2.31. The maximum Gasteiger partial charge on any atom is 0.128 e. The van der Waals surface area contributed by atoms with E-state index in [0.29, 0.717) is 5.92 Å². The van der Waals surface area contributed by atoms with Crippen LogP contribution >= 0.6 is 0 Å². The molecule has 2 N–H and O–H groups in total. The summed E-state index contributed by atoms with van der Waals surface area (Å²) in [5.74, 6) is 1.58. The summed E-state index contributed by atoms with van der Waals surface area (Å²) in [6, 6.07) is 3.98. The van der Waals surface area contributed by atoms with Crippen LogP contribution in [0.5, 0.6) is 0 Å². The zero-order valence-electron chi connectivity index (χ0n) is 8.40. The normalized spacial score (nSPS) is 25.6. The molecular formula is C11H16N2O. The fourth-order valence-electron chi connectivity index (χ4n) is 1.78. The first-order chi connectivity index (χ1) is 6.75. The minimum Gasteiger partial charge on any atom is -0.393 e. The van der Waals surface area contributed by atoms with Gasteiger partial charge in [-0.25, -0.2) is 4.98 Å². The Bertz CT molecular complexity index is 308. The molecule has 3 heteroatoms. The third kappa shape index (κ3) is 2.04. The highest BCUT2D eigenvalue weighted by Gasteiger charge is 2.26. The summed E-state index contributed by atoms with van der Waals surface area (Å²) in [5, 5.41) is 12.4. The quantitative estimate of drug-likeness (QED) is 0.764. The van der Waals surface area contributed by atoms with E-state index in [4.69, 9.17) is 5.11 Å². The predicted octanol–water partition coefficient (Wildman–Crippen LogP) is 1.57. The van der Waals surface area contributed by atoms with E-state index < -0.39 is 0 Å². The van der Waals surface area contributed by atoms with Gasteiger partial charge in [-0.1, -0.05) is 6.07 Å². The second kappa shape index (κ2) is 3.96. The molecule has 1 heterocycles. The second-order valence-corrected chi connectivity index (χ2v) is 4.04. The summed E-state index contributed by atoms with van der Waals surface area (Å²) in [4.78, 5) is 4.25. The van der Waals surface area contributed by atoms with Crippen LogP contribution in [0.4, 0.5) is 5.82 Å². The first-order valence-corrected chi connectivity index (χ1v) is 5.09. The van der Waals surface area contributed by atoms with E-state index in [1.165, 1.54) is 5.56 Å².